The molecule has 0 aliphatic carbocycles. The maximum Gasteiger partial charge on any atom is 0.309 e. The Morgan fingerprint density at radius 3 is 2.72 bits per heavy atom. The third kappa shape index (κ3) is 3.27. The summed E-state index contributed by atoms with van der Waals surface area (Å²) < 4.78 is 16.0. The van der Waals surface area contributed by atoms with Crippen LogP contribution in [0.25, 0.3) is 11.5 Å². The fourth-order valence-electron chi connectivity index (χ4n) is 2.33. The van der Waals surface area contributed by atoms with Crippen LogP contribution in [-0.4, -0.2) is 22.9 Å². The van der Waals surface area contributed by atoms with Gasteiger partial charge in [0, 0.05) is 17.1 Å². The van der Waals surface area contributed by atoms with Crippen molar-refractivity contribution in [3.8, 4) is 23.0 Å². The maximum absolute atomic E-state index is 12.2. The monoisotopic (exact) mass is 357 g/mol. The molecule has 0 atom stereocenters. The first-order chi connectivity index (χ1) is 12.2. The van der Waals surface area contributed by atoms with E-state index in [0.717, 1.165) is 5.56 Å². The van der Waals surface area contributed by atoms with Crippen LogP contribution in [-0.2, 0) is 6.54 Å². The number of nitrogens with zero attached hydrogens (tertiary/aromatic N) is 2. The van der Waals surface area contributed by atoms with Gasteiger partial charge in [0.05, 0.1) is 0 Å². The largest absolute Gasteiger partial charge is 0.454 e. The predicted octanol–water partition coefficient (Wildman–Crippen LogP) is 3.05. The molecule has 7 nitrogen and oxygen atoms in total. The second kappa shape index (κ2) is 6.45. The van der Waals surface area contributed by atoms with E-state index < -0.39 is 5.91 Å². The van der Waals surface area contributed by atoms with E-state index in [2.05, 4.69) is 15.5 Å². The second-order valence-electron chi connectivity index (χ2n) is 5.29. The van der Waals surface area contributed by atoms with E-state index in [1.165, 1.54) is 0 Å². The standard InChI is InChI=1S/C17H12ClN3O4/c18-12-4-2-11(3-5-12)16-20-21-17(25-16)15(22)19-8-10-1-6-13-14(7-10)24-9-23-13/h1-7H,8-9H2,(H,19,22). The molecule has 1 aromatic heterocycles. The number of nitrogens with one attached hydrogen (secondary N) is 1. The second-order valence-corrected chi connectivity index (χ2v) is 5.73. The number of aromatic nitrogens is 2. The van der Waals surface area contributed by atoms with Crippen LogP contribution in [0.15, 0.2) is 46.9 Å². The van der Waals surface area contributed by atoms with Gasteiger partial charge < -0.3 is 19.2 Å². The molecule has 0 spiro atoms. The molecule has 3 aromatic rings. The van der Waals surface area contributed by atoms with Gasteiger partial charge in [0.2, 0.25) is 12.7 Å². The van der Waals surface area contributed by atoms with Crippen LogP contribution in [0.3, 0.4) is 0 Å². The number of carbonyl (C=O) groups excluding carboxylic acids is 1. The third-order valence-corrected chi connectivity index (χ3v) is 3.85. The van der Waals surface area contributed by atoms with Crippen molar-refractivity contribution in [3.63, 3.8) is 0 Å². The molecular weight excluding hydrogens is 346 g/mol. The van der Waals surface area contributed by atoms with Crippen molar-refractivity contribution in [2.45, 2.75) is 6.54 Å². The van der Waals surface area contributed by atoms with Crippen molar-refractivity contribution < 1.29 is 18.7 Å². The Kier molecular flexibility index (Phi) is 3.99. The average molecular weight is 358 g/mol. The van der Waals surface area contributed by atoms with Crippen LogP contribution in [0, 0.1) is 0 Å². The lowest BCUT2D eigenvalue weighted by Gasteiger charge is -2.04. The lowest BCUT2D eigenvalue weighted by molar-refractivity contribution is 0.0916. The highest BCUT2D eigenvalue weighted by Crippen LogP contribution is 2.32. The number of carbonyl (C=O) groups is 1. The van der Waals surface area contributed by atoms with Gasteiger partial charge in [-0.1, -0.05) is 17.7 Å². The summed E-state index contributed by atoms with van der Waals surface area (Å²) in [6.07, 6.45) is 0. The molecule has 0 bridgehead atoms. The number of fused-ring (bicyclic) bond motifs is 1. The van der Waals surface area contributed by atoms with Gasteiger partial charge in [-0.05, 0) is 42.0 Å². The van der Waals surface area contributed by atoms with Gasteiger partial charge >= 0.3 is 11.8 Å². The lowest BCUT2D eigenvalue weighted by atomic mass is 10.2. The summed E-state index contributed by atoms with van der Waals surface area (Å²) in [5.74, 6) is 1.05. The number of amides is 1. The molecule has 0 saturated heterocycles. The van der Waals surface area contributed by atoms with Gasteiger partial charge in [-0.3, -0.25) is 4.79 Å². The smallest absolute Gasteiger partial charge is 0.309 e. The number of halogens is 1. The van der Waals surface area contributed by atoms with Crippen molar-refractivity contribution in [2.24, 2.45) is 0 Å². The fourth-order valence-corrected chi connectivity index (χ4v) is 2.46. The average Bonchev–Trinajstić information content (AvgIpc) is 3.29. The number of benzene rings is 2. The Labute approximate surface area is 147 Å². The molecule has 25 heavy (non-hydrogen) atoms. The molecule has 126 valence electrons. The number of hydrogen-bond acceptors (Lipinski definition) is 6. The normalized spacial score (nSPS) is 12.2. The molecule has 8 heteroatoms. The van der Waals surface area contributed by atoms with Gasteiger partial charge in [-0.2, -0.15) is 0 Å². The SMILES string of the molecule is O=C(NCc1ccc2c(c1)OCO2)c1nnc(-c2ccc(Cl)cc2)o1. The Morgan fingerprint density at radius 1 is 1.08 bits per heavy atom. The Balaban J connectivity index is 1.42. The van der Waals surface area contributed by atoms with Gasteiger partial charge in [-0.25, -0.2) is 0 Å². The van der Waals surface area contributed by atoms with E-state index in [4.69, 9.17) is 25.5 Å². The Morgan fingerprint density at radius 2 is 1.88 bits per heavy atom. The first-order valence-corrected chi connectivity index (χ1v) is 7.83. The van der Waals surface area contributed by atoms with E-state index in [9.17, 15) is 4.79 Å². The summed E-state index contributed by atoms with van der Waals surface area (Å²) in [6, 6.07) is 12.4. The molecule has 2 aromatic carbocycles. The summed E-state index contributed by atoms with van der Waals surface area (Å²) >= 11 is 5.84. The minimum Gasteiger partial charge on any atom is -0.454 e. The highest BCUT2D eigenvalue weighted by molar-refractivity contribution is 6.30. The van der Waals surface area contributed by atoms with Gasteiger partial charge in [-0.15, -0.1) is 10.2 Å². The molecule has 1 aliphatic heterocycles. The highest BCUT2D eigenvalue weighted by atomic mass is 35.5. The van der Waals surface area contributed by atoms with E-state index in [-0.39, 0.29) is 18.6 Å². The molecular formula is C17H12ClN3O4. The van der Waals surface area contributed by atoms with Crippen LogP contribution in [0.1, 0.15) is 16.2 Å². The zero-order valence-corrected chi connectivity index (χ0v) is 13.6. The number of hydrogen-bond donors (Lipinski definition) is 1. The Hall–Kier alpha value is -3.06. The van der Waals surface area contributed by atoms with Crippen LogP contribution >= 0.6 is 11.6 Å². The quantitative estimate of drug-likeness (QED) is 0.772. The highest BCUT2D eigenvalue weighted by Gasteiger charge is 2.17. The predicted molar refractivity (Wildman–Crippen MR) is 88.5 cm³/mol. The van der Waals surface area contributed by atoms with Crippen LogP contribution in [0.4, 0.5) is 0 Å². The summed E-state index contributed by atoms with van der Waals surface area (Å²) in [5.41, 5.74) is 1.56. The van der Waals surface area contributed by atoms with Gasteiger partial charge in [0.1, 0.15) is 0 Å². The van der Waals surface area contributed by atoms with E-state index in [0.29, 0.717) is 28.6 Å². The first kappa shape index (κ1) is 15.5. The molecule has 0 fully saturated rings. The van der Waals surface area contributed by atoms with E-state index in [1.807, 2.05) is 12.1 Å². The summed E-state index contributed by atoms with van der Waals surface area (Å²) in [4.78, 5) is 12.2. The topological polar surface area (TPSA) is 86.5 Å². The molecule has 2 heterocycles. The van der Waals surface area contributed by atoms with Crippen molar-refractivity contribution >= 4 is 17.5 Å². The zero-order chi connectivity index (χ0) is 17.2. The van der Waals surface area contributed by atoms with Crippen LogP contribution in [0.5, 0.6) is 11.5 Å². The summed E-state index contributed by atoms with van der Waals surface area (Å²) in [7, 11) is 0. The van der Waals surface area contributed by atoms with Gasteiger partial charge in [0.15, 0.2) is 11.5 Å². The molecule has 0 unspecified atom stereocenters. The Bertz CT molecular complexity index is 924. The van der Waals surface area contributed by atoms with Crippen molar-refractivity contribution in [1.29, 1.82) is 0 Å². The molecule has 0 radical (unpaired) electrons. The summed E-state index contributed by atoms with van der Waals surface area (Å²) in [5, 5.41) is 11.0. The minimum atomic E-state index is -0.453. The molecule has 1 N–H and O–H groups in total. The van der Waals surface area contributed by atoms with Crippen molar-refractivity contribution in [3.05, 3.63) is 58.9 Å². The summed E-state index contributed by atoms with van der Waals surface area (Å²) in [6.45, 7) is 0.509. The van der Waals surface area contributed by atoms with Crippen molar-refractivity contribution in [2.75, 3.05) is 6.79 Å². The molecule has 1 amide bonds. The third-order valence-electron chi connectivity index (χ3n) is 3.60. The first-order valence-electron chi connectivity index (χ1n) is 7.45. The van der Waals surface area contributed by atoms with Crippen LogP contribution < -0.4 is 14.8 Å². The maximum atomic E-state index is 12.2. The van der Waals surface area contributed by atoms with Crippen molar-refractivity contribution in [1.82, 2.24) is 15.5 Å². The van der Waals surface area contributed by atoms with Crippen LogP contribution in [0.2, 0.25) is 5.02 Å². The zero-order valence-electron chi connectivity index (χ0n) is 12.9. The number of ether oxygens (including phenoxy) is 2. The van der Waals surface area contributed by atoms with E-state index >= 15 is 0 Å². The molecule has 0 saturated carbocycles. The molecule has 1 aliphatic rings. The fraction of sp³-hybridized carbons (Fsp3) is 0.118. The van der Waals surface area contributed by atoms with E-state index in [1.54, 1.807) is 30.3 Å². The molecule has 4 rings (SSSR count). The minimum absolute atomic E-state index is 0.106. The number of rotatable bonds is 4. The lowest BCUT2D eigenvalue weighted by Crippen LogP contribution is -2.23. The van der Waals surface area contributed by atoms with Gasteiger partial charge in [0.25, 0.3) is 0 Å².